The Balaban J connectivity index is 1.83. The monoisotopic (exact) mass is 515 g/mol. The van der Waals surface area contributed by atoms with Crippen LogP contribution in [-0.2, 0) is 16.4 Å². The number of carbonyl (C=O) groups excluding carboxylic acids is 1. The van der Waals surface area contributed by atoms with Crippen molar-refractivity contribution in [2.75, 3.05) is 12.0 Å². The molecule has 7 nitrogen and oxygen atoms in total. The summed E-state index contributed by atoms with van der Waals surface area (Å²) in [6.45, 7) is 3.35. The number of hydrogen-bond donors (Lipinski definition) is 0. The first kappa shape index (κ1) is 24.1. The number of benzene rings is 2. The van der Waals surface area contributed by atoms with E-state index in [1.807, 2.05) is 6.07 Å². The fourth-order valence-electron chi connectivity index (χ4n) is 3.34. The fourth-order valence-corrected chi connectivity index (χ4v) is 5.69. The van der Waals surface area contributed by atoms with Gasteiger partial charge in [0.25, 0.3) is 5.91 Å². The smallest absolute Gasteiger partial charge is 0.260 e. The summed E-state index contributed by atoms with van der Waals surface area (Å²) in [6.07, 6.45) is 1.64. The summed E-state index contributed by atoms with van der Waals surface area (Å²) in [7, 11) is -2.01. The van der Waals surface area contributed by atoms with Crippen LogP contribution >= 0.6 is 22.9 Å². The topological polar surface area (TPSA) is 89.5 Å². The molecule has 2 aromatic heterocycles. The molecular weight excluding hydrogens is 494 g/mol. The largest absolute Gasteiger partial charge is 0.494 e. The van der Waals surface area contributed by atoms with Gasteiger partial charge in [0.2, 0.25) is 0 Å². The second-order valence-corrected chi connectivity index (χ2v) is 11.6. The SMILES string of the molecule is COc1ccc(Cl)c2sc(N(Cc3ccccn3)C(=O)c3cccc(S(=O)(=O)C(C)C)c3)nc12. The highest BCUT2D eigenvalue weighted by molar-refractivity contribution is 7.92. The average Bonchev–Trinajstić information content (AvgIpc) is 3.29. The predicted octanol–water partition coefficient (Wildman–Crippen LogP) is 5.38. The van der Waals surface area contributed by atoms with Crippen molar-refractivity contribution in [3.8, 4) is 5.75 Å². The van der Waals surface area contributed by atoms with Crippen molar-refractivity contribution in [2.45, 2.75) is 30.5 Å². The molecule has 34 heavy (non-hydrogen) atoms. The molecule has 2 heterocycles. The molecular formula is C24H22ClN3O4S2. The van der Waals surface area contributed by atoms with Crippen molar-refractivity contribution in [3.63, 3.8) is 0 Å². The maximum absolute atomic E-state index is 13.7. The van der Waals surface area contributed by atoms with Crippen LogP contribution in [0.4, 0.5) is 5.13 Å². The minimum Gasteiger partial charge on any atom is -0.494 e. The third-order valence-electron chi connectivity index (χ3n) is 5.22. The normalized spacial score (nSPS) is 11.7. The van der Waals surface area contributed by atoms with Gasteiger partial charge in [0.05, 0.1) is 39.2 Å². The Morgan fingerprint density at radius 3 is 2.62 bits per heavy atom. The summed E-state index contributed by atoms with van der Waals surface area (Å²) in [4.78, 5) is 24.3. The fraction of sp³-hybridized carbons (Fsp3) is 0.208. The van der Waals surface area contributed by atoms with E-state index < -0.39 is 21.0 Å². The Bertz CT molecular complexity index is 1450. The minimum atomic E-state index is -3.55. The van der Waals surface area contributed by atoms with E-state index in [0.29, 0.717) is 31.8 Å². The highest BCUT2D eigenvalue weighted by Gasteiger charge is 2.26. The number of anilines is 1. The molecule has 0 aliphatic heterocycles. The summed E-state index contributed by atoms with van der Waals surface area (Å²) in [6, 6.07) is 14.9. The van der Waals surface area contributed by atoms with Crippen molar-refractivity contribution in [3.05, 3.63) is 77.1 Å². The number of sulfone groups is 1. The van der Waals surface area contributed by atoms with Gasteiger partial charge in [-0.25, -0.2) is 13.4 Å². The van der Waals surface area contributed by atoms with Crippen LogP contribution in [-0.4, -0.2) is 36.7 Å². The molecule has 0 spiro atoms. The van der Waals surface area contributed by atoms with Gasteiger partial charge in [-0.3, -0.25) is 14.7 Å². The standard InChI is InChI=1S/C24H22ClN3O4S2/c1-15(2)34(30,31)18-9-6-7-16(13-18)23(29)28(14-17-8-4-5-12-26-17)24-27-21-20(32-3)11-10-19(25)22(21)33-24/h4-13,15H,14H2,1-3H3. The number of halogens is 1. The Hall–Kier alpha value is -3.01. The second kappa shape index (κ2) is 9.69. The second-order valence-electron chi connectivity index (χ2n) is 7.76. The maximum atomic E-state index is 13.7. The lowest BCUT2D eigenvalue weighted by atomic mass is 10.2. The van der Waals surface area contributed by atoms with Crippen LogP contribution < -0.4 is 9.64 Å². The molecule has 0 N–H and O–H groups in total. The molecule has 1 amide bonds. The van der Waals surface area contributed by atoms with Crippen LogP contribution in [0.25, 0.3) is 10.2 Å². The average molecular weight is 516 g/mol. The van der Waals surface area contributed by atoms with Gasteiger partial charge >= 0.3 is 0 Å². The van der Waals surface area contributed by atoms with Gasteiger partial charge < -0.3 is 4.74 Å². The van der Waals surface area contributed by atoms with Crippen LogP contribution in [0.1, 0.15) is 29.9 Å². The van der Waals surface area contributed by atoms with Crippen molar-refractivity contribution >= 4 is 54.0 Å². The summed E-state index contributed by atoms with van der Waals surface area (Å²) in [5, 5.41) is 0.283. The molecule has 4 rings (SSSR count). The number of hydrogen-bond acceptors (Lipinski definition) is 7. The van der Waals surface area contributed by atoms with Gasteiger partial charge in [-0.15, -0.1) is 0 Å². The summed E-state index contributed by atoms with van der Waals surface area (Å²) in [5.74, 6) is 0.137. The number of nitrogens with zero attached hydrogens (tertiary/aromatic N) is 3. The predicted molar refractivity (Wildman–Crippen MR) is 135 cm³/mol. The van der Waals surface area contributed by atoms with Gasteiger partial charge in [0, 0.05) is 11.8 Å². The number of methoxy groups -OCH3 is 1. The molecule has 4 aromatic rings. The van der Waals surface area contributed by atoms with Gasteiger partial charge in [-0.05, 0) is 56.3 Å². The Labute approximate surface area is 206 Å². The third-order valence-corrected chi connectivity index (χ3v) is 8.91. The van der Waals surface area contributed by atoms with Crippen LogP contribution in [0.3, 0.4) is 0 Å². The van der Waals surface area contributed by atoms with E-state index in [2.05, 4.69) is 9.97 Å². The van der Waals surface area contributed by atoms with Crippen molar-refractivity contribution in [1.82, 2.24) is 9.97 Å². The van der Waals surface area contributed by atoms with E-state index in [-0.39, 0.29) is 17.0 Å². The molecule has 0 atom stereocenters. The maximum Gasteiger partial charge on any atom is 0.260 e. The van der Waals surface area contributed by atoms with E-state index >= 15 is 0 Å². The van der Waals surface area contributed by atoms with Crippen LogP contribution in [0, 0.1) is 0 Å². The van der Waals surface area contributed by atoms with E-state index in [1.54, 1.807) is 63.6 Å². The van der Waals surface area contributed by atoms with E-state index in [4.69, 9.17) is 16.3 Å². The van der Waals surface area contributed by atoms with Crippen molar-refractivity contribution in [2.24, 2.45) is 0 Å². The molecule has 0 saturated carbocycles. The zero-order valence-electron chi connectivity index (χ0n) is 18.7. The number of fused-ring (bicyclic) bond motifs is 1. The number of ether oxygens (including phenoxy) is 1. The zero-order chi connectivity index (χ0) is 24.5. The first-order valence-corrected chi connectivity index (χ1v) is 13.1. The van der Waals surface area contributed by atoms with Gasteiger partial charge in [0.15, 0.2) is 15.0 Å². The Morgan fingerprint density at radius 1 is 1.15 bits per heavy atom. The van der Waals surface area contributed by atoms with Crippen molar-refractivity contribution < 1.29 is 17.9 Å². The number of thiazole rings is 1. The summed E-state index contributed by atoms with van der Waals surface area (Å²) in [5.41, 5.74) is 1.43. The van der Waals surface area contributed by atoms with Crippen LogP contribution in [0.15, 0.2) is 65.7 Å². The minimum absolute atomic E-state index is 0.0974. The number of aromatic nitrogens is 2. The highest BCUT2D eigenvalue weighted by atomic mass is 35.5. The molecule has 0 bridgehead atoms. The molecule has 2 aromatic carbocycles. The zero-order valence-corrected chi connectivity index (χ0v) is 21.1. The molecule has 0 radical (unpaired) electrons. The van der Waals surface area contributed by atoms with Gasteiger partial charge in [-0.1, -0.05) is 35.1 Å². The lowest BCUT2D eigenvalue weighted by molar-refractivity contribution is 0.0984. The van der Waals surface area contributed by atoms with Gasteiger partial charge in [0.1, 0.15) is 11.3 Å². The summed E-state index contributed by atoms with van der Waals surface area (Å²) < 4.78 is 31.5. The molecule has 0 aliphatic carbocycles. The lowest BCUT2D eigenvalue weighted by Gasteiger charge is -2.20. The van der Waals surface area contributed by atoms with Crippen LogP contribution in [0.5, 0.6) is 5.75 Å². The first-order valence-electron chi connectivity index (χ1n) is 10.4. The molecule has 0 aliphatic rings. The van der Waals surface area contributed by atoms with Crippen LogP contribution in [0.2, 0.25) is 5.02 Å². The summed E-state index contributed by atoms with van der Waals surface area (Å²) >= 11 is 7.65. The van der Waals surface area contributed by atoms with E-state index in [1.165, 1.54) is 28.4 Å². The molecule has 176 valence electrons. The number of carbonyl (C=O) groups is 1. The molecule has 10 heteroatoms. The number of rotatable bonds is 7. The lowest BCUT2D eigenvalue weighted by Crippen LogP contribution is -2.31. The highest BCUT2D eigenvalue weighted by Crippen LogP contribution is 2.39. The van der Waals surface area contributed by atoms with Crippen molar-refractivity contribution in [1.29, 1.82) is 0 Å². The third kappa shape index (κ3) is 4.64. The first-order chi connectivity index (χ1) is 16.2. The van der Waals surface area contributed by atoms with Gasteiger partial charge in [-0.2, -0.15) is 0 Å². The molecule has 0 saturated heterocycles. The molecule has 0 unspecified atom stereocenters. The number of amides is 1. The Morgan fingerprint density at radius 2 is 1.94 bits per heavy atom. The molecule has 0 fully saturated rings. The van der Waals surface area contributed by atoms with E-state index in [9.17, 15) is 13.2 Å². The number of pyridine rings is 1. The quantitative estimate of drug-likeness (QED) is 0.328. The Kier molecular flexibility index (Phi) is 6.88. The van der Waals surface area contributed by atoms with E-state index in [0.717, 1.165) is 0 Å².